The van der Waals surface area contributed by atoms with Gasteiger partial charge in [-0.15, -0.1) is 0 Å². The van der Waals surface area contributed by atoms with Crippen molar-refractivity contribution in [2.24, 2.45) is 0 Å². The van der Waals surface area contributed by atoms with E-state index in [-0.39, 0.29) is 5.91 Å². The molecule has 2 heterocycles. The second-order valence-corrected chi connectivity index (χ2v) is 6.92. The largest absolute Gasteiger partial charge is 0.490 e. The van der Waals surface area contributed by atoms with Crippen LogP contribution in [0.2, 0.25) is 5.15 Å². The molecule has 1 aliphatic rings. The maximum atomic E-state index is 12.8. The molecule has 0 saturated carbocycles. The molecule has 0 bridgehead atoms. The topological polar surface area (TPSA) is 65.4 Å². The lowest BCUT2D eigenvalue weighted by atomic mass is 10.2. The summed E-state index contributed by atoms with van der Waals surface area (Å²) in [4.78, 5) is 12.8. The standard InChI is InChI=1S/C21H20ClN3O3/c1-14-19(20(22)25(24-14)13-15-6-3-2-4-7-15)21(26)23-16-8-9-17-18(12-16)28-11-5-10-27-17/h2-4,6-9,12H,5,10-11,13H2,1H3,(H,23,26). The Bertz CT molecular complexity index is 1000. The first-order valence-electron chi connectivity index (χ1n) is 9.09. The van der Waals surface area contributed by atoms with E-state index in [0.29, 0.717) is 53.4 Å². The molecule has 0 fully saturated rings. The van der Waals surface area contributed by atoms with E-state index in [1.54, 1.807) is 29.8 Å². The van der Waals surface area contributed by atoms with Crippen LogP contribution in [0, 0.1) is 6.92 Å². The van der Waals surface area contributed by atoms with Crippen molar-refractivity contribution in [2.75, 3.05) is 18.5 Å². The summed E-state index contributed by atoms with van der Waals surface area (Å²) in [6.07, 6.45) is 0.825. The predicted molar refractivity (Wildman–Crippen MR) is 108 cm³/mol. The van der Waals surface area contributed by atoms with Gasteiger partial charge in [-0.1, -0.05) is 41.9 Å². The number of ether oxygens (including phenoxy) is 2. The molecule has 0 radical (unpaired) electrons. The quantitative estimate of drug-likeness (QED) is 0.712. The minimum atomic E-state index is -0.309. The number of hydrogen-bond acceptors (Lipinski definition) is 4. The monoisotopic (exact) mass is 397 g/mol. The second kappa shape index (κ2) is 7.94. The predicted octanol–water partition coefficient (Wildman–Crippen LogP) is 4.31. The van der Waals surface area contributed by atoms with E-state index < -0.39 is 0 Å². The number of fused-ring (bicyclic) bond motifs is 1. The maximum Gasteiger partial charge on any atom is 0.260 e. The Morgan fingerprint density at radius 1 is 1.14 bits per heavy atom. The van der Waals surface area contributed by atoms with Crippen LogP contribution >= 0.6 is 11.6 Å². The van der Waals surface area contributed by atoms with Gasteiger partial charge in [-0.25, -0.2) is 4.68 Å². The molecule has 0 saturated heterocycles. The summed E-state index contributed by atoms with van der Waals surface area (Å²) < 4.78 is 12.9. The summed E-state index contributed by atoms with van der Waals surface area (Å²) in [5.74, 6) is 0.995. The van der Waals surface area contributed by atoms with Gasteiger partial charge in [0.15, 0.2) is 11.5 Å². The van der Waals surface area contributed by atoms with Gasteiger partial charge in [-0.2, -0.15) is 5.10 Å². The van der Waals surface area contributed by atoms with E-state index in [9.17, 15) is 4.79 Å². The molecular formula is C21H20ClN3O3. The van der Waals surface area contributed by atoms with Crippen molar-refractivity contribution in [3.05, 3.63) is 70.5 Å². The Balaban J connectivity index is 1.54. The van der Waals surface area contributed by atoms with Gasteiger partial charge in [-0.3, -0.25) is 4.79 Å². The first kappa shape index (κ1) is 18.4. The highest BCUT2D eigenvalue weighted by Gasteiger charge is 2.21. The van der Waals surface area contributed by atoms with Crippen LogP contribution in [0.4, 0.5) is 5.69 Å². The number of benzene rings is 2. The number of rotatable bonds is 4. The molecular weight excluding hydrogens is 378 g/mol. The summed E-state index contributed by atoms with van der Waals surface area (Å²) in [6.45, 7) is 3.48. The molecule has 1 amide bonds. The van der Waals surface area contributed by atoms with Gasteiger partial charge in [0.05, 0.1) is 31.0 Å². The summed E-state index contributed by atoms with van der Waals surface area (Å²) in [6, 6.07) is 15.2. The summed E-state index contributed by atoms with van der Waals surface area (Å²) in [5.41, 5.74) is 2.61. The Morgan fingerprint density at radius 2 is 1.89 bits per heavy atom. The van der Waals surface area contributed by atoms with Crippen molar-refractivity contribution in [3.63, 3.8) is 0 Å². The van der Waals surface area contributed by atoms with Crippen LogP contribution in [0.5, 0.6) is 11.5 Å². The minimum Gasteiger partial charge on any atom is -0.490 e. The fraction of sp³-hybridized carbons (Fsp3) is 0.238. The number of halogens is 1. The zero-order chi connectivity index (χ0) is 19.5. The first-order valence-corrected chi connectivity index (χ1v) is 9.47. The first-order chi connectivity index (χ1) is 13.6. The fourth-order valence-corrected chi connectivity index (χ4v) is 3.43. The number of aryl methyl sites for hydroxylation is 1. The van der Waals surface area contributed by atoms with Crippen molar-refractivity contribution < 1.29 is 14.3 Å². The van der Waals surface area contributed by atoms with E-state index in [4.69, 9.17) is 21.1 Å². The van der Waals surface area contributed by atoms with Crippen LogP contribution < -0.4 is 14.8 Å². The summed E-state index contributed by atoms with van der Waals surface area (Å²) in [7, 11) is 0. The third kappa shape index (κ3) is 3.82. The molecule has 1 N–H and O–H groups in total. The van der Waals surface area contributed by atoms with E-state index >= 15 is 0 Å². The highest BCUT2D eigenvalue weighted by molar-refractivity contribution is 6.33. The molecule has 7 heteroatoms. The van der Waals surface area contributed by atoms with Crippen molar-refractivity contribution in [3.8, 4) is 11.5 Å². The second-order valence-electron chi connectivity index (χ2n) is 6.56. The number of nitrogens with one attached hydrogen (secondary N) is 1. The number of nitrogens with zero attached hydrogens (tertiary/aromatic N) is 2. The molecule has 28 heavy (non-hydrogen) atoms. The molecule has 1 aromatic heterocycles. The summed E-state index contributed by atoms with van der Waals surface area (Å²) >= 11 is 6.47. The van der Waals surface area contributed by atoms with Crippen LogP contribution in [0.25, 0.3) is 0 Å². The van der Waals surface area contributed by atoms with Gasteiger partial charge in [0.1, 0.15) is 5.15 Å². The molecule has 6 nitrogen and oxygen atoms in total. The van der Waals surface area contributed by atoms with Crippen molar-refractivity contribution in [2.45, 2.75) is 19.9 Å². The molecule has 3 aromatic rings. The Morgan fingerprint density at radius 3 is 2.68 bits per heavy atom. The summed E-state index contributed by atoms with van der Waals surface area (Å²) in [5, 5.41) is 7.62. The Kier molecular flexibility index (Phi) is 5.21. The van der Waals surface area contributed by atoms with Gasteiger partial charge in [0.2, 0.25) is 0 Å². The third-order valence-electron chi connectivity index (χ3n) is 4.47. The molecule has 2 aromatic carbocycles. The van der Waals surface area contributed by atoms with Crippen molar-refractivity contribution in [1.29, 1.82) is 0 Å². The van der Waals surface area contributed by atoms with Crippen LogP contribution in [0.3, 0.4) is 0 Å². The number of anilines is 1. The van der Waals surface area contributed by atoms with Gasteiger partial charge >= 0.3 is 0 Å². The SMILES string of the molecule is Cc1nn(Cc2ccccc2)c(Cl)c1C(=O)Nc1ccc2c(c1)OCCCO2. The molecule has 0 spiro atoms. The van der Waals surface area contributed by atoms with E-state index in [0.717, 1.165) is 12.0 Å². The molecule has 0 unspecified atom stereocenters. The van der Waals surface area contributed by atoms with E-state index in [2.05, 4.69) is 10.4 Å². The normalized spacial score (nSPS) is 13.1. The lowest BCUT2D eigenvalue weighted by molar-refractivity contribution is 0.102. The highest BCUT2D eigenvalue weighted by Crippen LogP contribution is 2.32. The molecule has 4 rings (SSSR count). The van der Waals surface area contributed by atoms with Gasteiger partial charge in [-0.05, 0) is 24.6 Å². The molecule has 0 aliphatic carbocycles. The zero-order valence-corrected chi connectivity index (χ0v) is 16.2. The highest BCUT2D eigenvalue weighted by atomic mass is 35.5. The average Bonchev–Trinajstić information content (AvgIpc) is 2.85. The van der Waals surface area contributed by atoms with Crippen molar-refractivity contribution >= 4 is 23.2 Å². The lowest BCUT2D eigenvalue weighted by Gasteiger charge is -2.10. The Hall–Kier alpha value is -2.99. The smallest absolute Gasteiger partial charge is 0.260 e. The van der Waals surface area contributed by atoms with Crippen LogP contribution in [0.1, 0.15) is 28.0 Å². The minimum absolute atomic E-state index is 0.309. The molecule has 144 valence electrons. The maximum absolute atomic E-state index is 12.8. The van der Waals surface area contributed by atoms with Gasteiger partial charge in [0, 0.05) is 18.2 Å². The number of aromatic nitrogens is 2. The number of amides is 1. The Labute approximate surface area is 168 Å². The van der Waals surface area contributed by atoms with E-state index in [1.165, 1.54) is 0 Å². The van der Waals surface area contributed by atoms with Gasteiger partial charge in [0.25, 0.3) is 5.91 Å². The van der Waals surface area contributed by atoms with Gasteiger partial charge < -0.3 is 14.8 Å². The third-order valence-corrected chi connectivity index (χ3v) is 4.86. The van der Waals surface area contributed by atoms with Crippen LogP contribution in [0.15, 0.2) is 48.5 Å². The average molecular weight is 398 g/mol. The number of carbonyl (C=O) groups excluding carboxylic acids is 1. The zero-order valence-electron chi connectivity index (χ0n) is 15.4. The van der Waals surface area contributed by atoms with Crippen LogP contribution in [-0.2, 0) is 6.54 Å². The lowest BCUT2D eigenvalue weighted by Crippen LogP contribution is -2.13. The fourth-order valence-electron chi connectivity index (χ4n) is 3.11. The van der Waals surface area contributed by atoms with Crippen LogP contribution in [-0.4, -0.2) is 28.9 Å². The molecule has 0 atom stereocenters. The molecule has 1 aliphatic heterocycles. The van der Waals surface area contributed by atoms with E-state index in [1.807, 2.05) is 30.3 Å². The number of carbonyl (C=O) groups is 1. The van der Waals surface area contributed by atoms with Crippen molar-refractivity contribution in [1.82, 2.24) is 9.78 Å². The number of hydrogen-bond donors (Lipinski definition) is 1.